The highest BCUT2D eigenvalue weighted by Crippen LogP contribution is 2.31. The third-order valence-corrected chi connectivity index (χ3v) is 6.60. The Hall–Kier alpha value is -4.00. The molecule has 1 heterocycles. The molecule has 38 heavy (non-hydrogen) atoms. The number of nitrogens with one attached hydrogen (secondary N) is 1. The van der Waals surface area contributed by atoms with Crippen molar-refractivity contribution in [1.29, 1.82) is 0 Å². The molecule has 0 amide bonds. The van der Waals surface area contributed by atoms with Crippen LogP contribution in [0, 0.1) is 12.7 Å². The average Bonchev–Trinajstić information content (AvgIpc) is 2.89. The number of benzene rings is 3. The molecule has 0 saturated carbocycles. The second kappa shape index (κ2) is 11.6. The Labute approximate surface area is 221 Å². The molecular weight excluding hydrogens is 487 g/mol. The third-order valence-electron chi connectivity index (χ3n) is 6.60. The van der Waals surface area contributed by atoms with Crippen molar-refractivity contribution in [3.05, 3.63) is 113 Å². The predicted octanol–water partition coefficient (Wildman–Crippen LogP) is 7.62. The van der Waals surface area contributed by atoms with Crippen molar-refractivity contribution >= 4 is 11.6 Å². The maximum Gasteiger partial charge on any atom is 0.273 e. The van der Waals surface area contributed by atoms with Crippen LogP contribution in [0.15, 0.2) is 79.1 Å². The molecule has 0 fully saturated rings. The van der Waals surface area contributed by atoms with Crippen LogP contribution in [-0.2, 0) is 23.6 Å². The molecular formula is C31H30F3N3O. The van der Waals surface area contributed by atoms with Crippen LogP contribution in [-0.4, -0.2) is 15.8 Å². The summed E-state index contributed by atoms with van der Waals surface area (Å²) >= 11 is 0. The van der Waals surface area contributed by atoms with Crippen molar-refractivity contribution in [2.24, 2.45) is 0 Å². The van der Waals surface area contributed by atoms with Gasteiger partial charge in [0.2, 0.25) is 0 Å². The van der Waals surface area contributed by atoms with E-state index in [1.165, 1.54) is 31.2 Å². The van der Waals surface area contributed by atoms with E-state index in [-0.39, 0.29) is 42.5 Å². The SMILES string of the molecule is CCC(F)(F)c1ccc(CC(=O)Cc2ccc(-c3nccnc3N[C@@H](C)c3ccc(F)cc3C)cc2)cc1. The number of ketones is 1. The zero-order chi connectivity index (χ0) is 27.3. The molecule has 0 aliphatic carbocycles. The average molecular weight is 518 g/mol. The normalized spacial score (nSPS) is 12.3. The standard InChI is InChI=1S/C31H30F3N3O/c1-4-31(33,34)25-11-7-23(8-12-25)19-27(38)18-22-5-9-24(10-6-22)29-30(36-16-15-35-29)37-21(3)28-14-13-26(32)17-20(28)2/h5-17,21H,4,18-19H2,1-3H3,(H,36,37)/t21-/m0/s1. The fraction of sp³-hybridized carbons (Fsp3) is 0.258. The lowest BCUT2D eigenvalue weighted by Crippen LogP contribution is -2.12. The van der Waals surface area contributed by atoms with Crippen LogP contribution in [0.1, 0.15) is 54.1 Å². The van der Waals surface area contributed by atoms with Crippen molar-refractivity contribution in [1.82, 2.24) is 9.97 Å². The van der Waals surface area contributed by atoms with Gasteiger partial charge in [0.15, 0.2) is 5.82 Å². The van der Waals surface area contributed by atoms with Crippen LogP contribution < -0.4 is 5.32 Å². The summed E-state index contributed by atoms with van der Waals surface area (Å²) in [6, 6.07) is 18.1. The van der Waals surface area contributed by atoms with Gasteiger partial charge in [-0.3, -0.25) is 9.78 Å². The van der Waals surface area contributed by atoms with Crippen LogP contribution in [0.4, 0.5) is 19.0 Å². The molecule has 0 unspecified atom stereocenters. The monoisotopic (exact) mass is 517 g/mol. The zero-order valence-corrected chi connectivity index (χ0v) is 21.6. The molecule has 7 heteroatoms. The Morgan fingerprint density at radius 1 is 0.921 bits per heavy atom. The minimum absolute atomic E-state index is 0.00176. The van der Waals surface area contributed by atoms with Crippen molar-refractivity contribution in [3.8, 4) is 11.3 Å². The number of hydrogen-bond donors (Lipinski definition) is 1. The van der Waals surface area contributed by atoms with E-state index < -0.39 is 5.92 Å². The molecule has 0 radical (unpaired) electrons. The molecule has 4 nitrogen and oxygen atoms in total. The van der Waals surface area contributed by atoms with Crippen LogP contribution in [0.2, 0.25) is 0 Å². The molecule has 196 valence electrons. The number of aryl methyl sites for hydroxylation is 1. The van der Waals surface area contributed by atoms with Gasteiger partial charge >= 0.3 is 0 Å². The number of halogens is 3. The lowest BCUT2D eigenvalue weighted by atomic mass is 9.99. The number of carbonyl (C=O) groups is 1. The topological polar surface area (TPSA) is 54.9 Å². The van der Waals surface area contributed by atoms with E-state index >= 15 is 0 Å². The Bertz CT molecular complexity index is 1400. The maximum absolute atomic E-state index is 13.8. The highest BCUT2D eigenvalue weighted by atomic mass is 19.3. The van der Waals surface area contributed by atoms with Crippen LogP contribution in [0.3, 0.4) is 0 Å². The summed E-state index contributed by atoms with van der Waals surface area (Å²) in [5.74, 6) is -2.53. The van der Waals surface area contributed by atoms with E-state index in [0.717, 1.165) is 22.3 Å². The van der Waals surface area contributed by atoms with Crippen LogP contribution in [0.25, 0.3) is 11.3 Å². The summed E-state index contributed by atoms with van der Waals surface area (Å²) in [7, 11) is 0. The van der Waals surface area contributed by atoms with Gasteiger partial charge in [0.25, 0.3) is 5.92 Å². The molecule has 0 bridgehead atoms. The fourth-order valence-electron chi connectivity index (χ4n) is 4.43. The number of rotatable bonds is 10. The summed E-state index contributed by atoms with van der Waals surface area (Å²) in [4.78, 5) is 21.6. The molecule has 3 aromatic carbocycles. The highest BCUT2D eigenvalue weighted by molar-refractivity contribution is 5.83. The first kappa shape index (κ1) is 27.0. The van der Waals surface area contributed by atoms with Gasteiger partial charge in [-0.15, -0.1) is 0 Å². The first-order chi connectivity index (χ1) is 18.2. The third kappa shape index (κ3) is 6.46. The maximum atomic E-state index is 13.8. The second-order valence-corrected chi connectivity index (χ2v) is 9.46. The van der Waals surface area contributed by atoms with Crippen molar-refractivity contribution < 1.29 is 18.0 Å². The Balaban J connectivity index is 1.42. The Kier molecular flexibility index (Phi) is 8.25. The van der Waals surface area contributed by atoms with Crippen molar-refractivity contribution in [3.63, 3.8) is 0 Å². The summed E-state index contributed by atoms with van der Waals surface area (Å²) in [6.07, 6.45) is 3.38. The quantitative estimate of drug-likeness (QED) is 0.235. The lowest BCUT2D eigenvalue weighted by Gasteiger charge is -2.19. The van der Waals surface area contributed by atoms with E-state index in [4.69, 9.17) is 0 Å². The summed E-state index contributed by atoms with van der Waals surface area (Å²) in [6.45, 7) is 5.30. The highest BCUT2D eigenvalue weighted by Gasteiger charge is 2.28. The largest absolute Gasteiger partial charge is 0.362 e. The summed E-state index contributed by atoms with van der Waals surface area (Å²) in [5.41, 5.74) is 4.84. The van der Waals surface area contributed by atoms with Crippen molar-refractivity contribution in [2.75, 3.05) is 5.32 Å². The molecule has 0 spiro atoms. The van der Waals surface area contributed by atoms with Crippen LogP contribution in [0.5, 0.6) is 0 Å². The van der Waals surface area contributed by atoms with Gasteiger partial charge in [-0.1, -0.05) is 61.5 Å². The molecule has 4 aromatic rings. The number of hydrogen-bond acceptors (Lipinski definition) is 4. The predicted molar refractivity (Wildman–Crippen MR) is 144 cm³/mol. The van der Waals surface area contributed by atoms with E-state index in [9.17, 15) is 18.0 Å². The molecule has 0 aliphatic rings. The second-order valence-electron chi connectivity index (χ2n) is 9.46. The summed E-state index contributed by atoms with van der Waals surface area (Å²) < 4.78 is 41.2. The van der Waals surface area contributed by atoms with Crippen molar-refractivity contribution in [2.45, 2.75) is 52.0 Å². The molecule has 1 atom stereocenters. The summed E-state index contributed by atoms with van der Waals surface area (Å²) in [5, 5.41) is 3.38. The molecule has 1 aromatic heterocycles. The lowest BCUT2D eigenvalue weighted by molar-refractivity contribution is -0.117. The van der Waals surface area contributed by atoms with Crippen LogP contribution >= 0.6 is 0 Å². The first-order valence-corrected chi connectivity index (χ1v) is 12.6. The first-order valence-electron chi connectivity index (χ1n) is 12.6. The number of aromatic nitrogens is 2. The molecule has 4 rings (SSSR count). The smallest absolute Gasteiger partial charge is 0.273 e. The van der Waals surface area contributed by atoms with Gasteiger partial charge in [0, 0.05) is 42.8 Å². The number of alkyl halides is 2. The van der Waals surface area contributed by atoms with E-state index in [1.807, 2.05) is 38.1 Å². The number of carbonyl (C=O) groups excluding carboxylic acids is 1. The van der Waals surface area contributed by atoms with Gasteiger partial charge in [-0.05, 0) is 48.2 Å². The van der Waals surface area contributed by atoms with Gasteiger partial charge < -0.3 is 5.32 Å². The zero-order valence-electron chi connectivity index (χ0n) is 21.6. The minimum atomic E-state index is -2.86. The van der Waals surface area contributed by atoms with Gasteiger partial charge in [0.1, 0.15) is 17.3 Å². The van der Waals surface area contributed by atoms with E-state index in [0.29, 0.717) is 17.1 Å². The van der Waals surface area contributed by atoms with Gasteiger partial charge in [-0.25, -0.2) is 18.2 Å². The number of Topliss-reactive ketones (excluding diaryl/α,β-unsaturated/α-hetero) is 1. The van der Waals surface area contributed by atoms with Gasteiger partial charge in [0.05, 0.1) is 6.04 Å². The number of anilines is 1. The Morgan fingerprint density at radius 2 is 1.53 bits per heavy atom. The minimum Gasteiger partial charge on any atom is -0.362 e. The Morgan fingerprint density at radius 3 is 2.13 bits per heavy atom. The molecule has 1 N–H and O–H groups in total. The van der Waals surface area contributed by atoms with Gasteiger partial charge in [-0.2, -0.15) is 0 Å². The molecule has 0 saturated heterocycles. The molecule has 0 aliphatic heterocycles. The fourth-order valence-corrected chi connectivity index (χ4v) is 4.43. The van der Waals surface area contributed by atoms with E-state index in [1.54, 1.807) is 30.6 Å². The number of nitrogens with zero attached hydrogens (tertiary/aromatic N) is 2. The van der Waals surface area contributed by atoms with E-state index in [2.05, 4.69) is 15.3 Å².